The average molecular weight is 474 g/mol. The van der Waals surface area contributed by atoms with Crippen LogP contribution in [0.15, 0.2) is 34.9 Å². The molecule has 0 spiro atoms. The van der Waals surface area contributed by atoms with E-state index in [1.165, 1.54) is 134 Å². The molecule has 0 saturated carbocycles. The number of unbranched alkanes of at least 4 members (excludes halogenated alkanes) is 13. The molecule has 0 atom stereocenters. The standard InChI is InChI=1S/C33H63N/c1-7-9-10-11-12-13-14-15-16-17-18-19-20-21-29-34(8-2)30-28-33(6)27-23-26-32(5)25-22-24-31(3)4/h24,26,28H,7-23,25,27,29-30H2,1-6H3. The van der Waals surface area contributed by atoms with E-state index >= 15 is 0 Å². The van der Waals surface area contributed by atoms with Crippen LogP contribution >= 0.6 is 0 Å². The Hall–Kier alpha value is -0.820. The lowest BCUT2D eigenvalue weighted by molar-refractivity contribution is 0.308. The highest BCUT2D eigenvalue weighted by molar-refractivity contribution is 5.05. The SMILES string of the molecule is CCCCCCCCCCCCCCCCN(CC)CC=C(C)CCC=C(C)CCC=C(C)C. The Bertz CT molecular complexity index is 521. The summed E-state index contributed by atoms with van der Waals surface area (Å²) in [4.78, 5) is 2.62. The molecule has 1 nitrogen and oxygen atoms in total. The van der Waals surface area contributed by atoms with Crippen LogP contribution in [0.3, 0.4) is 0 Å². The minimum atomic E-state index is 1.13. The second-order valence-electron chi connectivity index (χ2n) is 10.9. The van der Waals surface area contributed by atoms with Crippen LogP contribution < -0.4 is 0 Å². The van der Waals surface area contributed by atoms with Crippen molar-refractivity contribution in [2.45, 2.75) is 157 Å². The number of nitrogens with zero attached hydrogens (tertiary/aromatic N) is 1. The van der Waals surface area contributed by atoms with Crippen molar-refractivity contribution in [1.82, 2.24) is 4.90 Å². The monoisotopic (exact) mass is 473 g/mol. The number of hydrogen-bond donors (Lipinski definition) is 0. The molecule has 0 aliphatic heterocycles. The first-order valence-electron chi connectivity index (χ1n) is 15.2. The summed E-state index contributed by atoms with van der Waals surface area (Å²) in [6.07, 6.45) is 32.2. The van der Waals surface area contributed by atoms with Gasteiger partial charge in [0.05, 0.1) is 0 Å². The maximum atomic E-state index is 2.62. The van der Waals surface area contributed by atoms with E-state index in [0.29, 0.717) is 0 Å². The molecule has 0 aromatic carbocycles. The topological polar surface area (TPSA) is 3.24 Å². The van der Waals surface area contributed by atoms with Crippen LogP contribution in [0.5, 0.6) is 0 Å². The molecule has 0 rings (SSSR count). The van der Waals surface area contributed by atoms with Crippen molar-refractivity contribution in [1.29, 1.82) is 0 Å². The molecule has 0 radical (unpaired) electrons. The normalized spacial score (nSPS) is 12.6. The lowest BCUT2D eigenvalue weighted by Gasteiger charge is -2.18. The third-order valence-corrected chi connectivity index (χ3v) is 7.10. The Morgan fingerprint density at radius 2 is 0.971 bits per heavy atom. The average Bonchev–Trinajstić information content (AvgIpc) is 2.81. The maximum Gasteiger partial charge on any atom is 0.0165 e. The molecular weight excluding hydrogens is 410 g/mol. The Balaban J connectivity index is 3.69. The predicted octanol–water partition coefficient (Wildman–Crippen LogP) is 11.2. The molecule has 34 heavy (non-hydrogen) atoms. The summed E-state index contributed by atoms with van der Waals surface area (Å²) in [5.74, 6) is 0. The van der Waals surface area contributed by atoms with Gasteiger partial charge in [0.1, 0.15) is 0 Å². The summed E-state index contributed by atoms with van der Waals surface area (Å²) in [5.41, 5.74) is 4.52. The molecule has 1 heteroatoms. The van der Waals surface area contributed by atoms with Gasteiger partial charge in [0, 0.05) is 6.54 Å². The zero-order valence-electron chi connectivity index (χ0n) is 24.5. The minimum absolute atomic E-state index is 1.13. The minimum Gasteiger partial charge on any atom is -0.300 e. The molecule has 0 unspecified atom stereocenters. The quantitative estimate of drug-likeness (QED) is 0.0994. The van der Waals surface area contributed by atoms with Crippen LogP contribution in [-0.4, -0.2) is 24.5 Å². The van der Waals surface area contributed by atoms with E-state index < -0.39 is 0 Å². The Morgan fingerprint density at radius 3 is 1.44 bits per heavy atom. The fourth-order valence-electron chi connectivity index (χ4n) is 4.53. The first-order chi connectivity index (χ1) is 16.5. The van der Waals surface area contributed by atoms with Gasteiger partial charge in [0.2, 0.25) is 0 Å². The van der Waals surface area contributed by atoms with E-state index in [9.17, 15) is 0 Å². The zero-order valence-corrected chi connectivity index (χ0v) is 24.5. The van der Waals surface area contributed by atoms with Gasteiger partial charge in [-0.2, -0.15) is 0 Å². The largest absolute Gasteiger partial charge is 0.300 e. The van der Waals surface area contributed by atoms with E-state index in [2.05, 4.69) is 64.7 Å². The van der Waals surface area contributed by atoms with E-state index in [0.717, 1.165) is 6.54 Å². The van der Waals surface area contributed by atoms with Gasteiger partial charge in [-0.3, -0.25) is 4.90 Å². The third kappa shape index (κ3) is 24.3. The van der Waals surface area contributed by atoms with Crippen LogP contribution in [0.1, 0.15) is 157 Å². The Kier molecular flexibility index (Phi) is 24.7. The van der Waals surface area contributed by atoms with E-state index in [4.69, 9.17) is 0 Å². The predicted molar refractivity (Wildman–Crippen MR) is 158 cm³/mol. The van der Waals surface area contributed by atoms with Gasteiger partial charge in [-0.05, 0) is 72.9 Å². The van der Waals surface area contributed by atoms with Crippen molar-refractivity contribution in [2.75, 3.05) is 19.6 Å². The molecule has 0 bridgehead atoms. The molecule has 0 aliphatic rings. The highest BCUT2D eigenvalue weighted by atomic mass is 15.1. The van der Waals surface area contributed by atoms with Gasteiger partial charge < -0.3 is 0 Å². The van der Waals surface area contributed by atoms with E-state index in [1.54, 1.807) is 11.1 Å². The third-order valence-electron chi connectivity index (χ3n) is 7.10. The lowest BCUT2D eigenvalue weighted by Crippen LogP contribution is -2.24. The van der Waals surface area contributed by atoms with Crippen molar-refractivity contribution < 1.29 is 0 Å². The fourth-order valence-corrected chi connectivity index (χ4v) is 4.53. The molecule has 0 N–H and O–H groups in total. The Morgan fingerprint density at radius 1 is 0.529 bits per heavy atom. The van der Waals surface area contributed by atoms with Gasteiger partial charge in [-0.25, -0.2) is 0 Å². The van der Waals surface area contributed by atoms with Gasteiger partial charge in [0.25, 0.3) is 0 Å². The maximum absolute atomic E-state index is 2.62. The second-order valence-corrected chi connectivity index (χ2v) is 10.9. The molecule has 0 aliphatic carbocycles. The summed E-state index contributed by atoms with van der Waals surface area (Å²) in [6.45, 7) is 17.1. The van der Waals surface area contributed by atoms with Crippen LogP contribution in [0.2, 0.25) is 0 Å². The highest BCUT2D eigenvalue weighted by Crippen LogP contribution is 2.14. The van der Waals surface area contributed by atoms with Crippen molar-refractivity contribution in [3.8, 4) is 0 Å². The Labute approximate surface area is 216 Å². The van der Waals surface area contributed by atoms with Crippen LogP contribution in [0.4, 0.5) is 0 Å². The van der Waals surface area contributed by atoms with Gasteiger partial charge in [-0.1, -0.05) is 132 Å². The molecule has 0 aromatic rings. The van der Waals surface area contributed by atoms with Crippen molar-refractivity contribution in [3.63, 3.8) is 0 Å². The van der Waals surface area contributed by atoms with E-state index in [-0.39, 0.29) is 0 Å². The van der Waals surface area contributed by atoms with Crippen molar-refractivity contribution >= 4 is 0 Å². The highest BCUT2D eigenvalue weighted by Gasteiger charge is 2.01. The van der Waals surface area contributed by atoms with Crippen LogP contribution in [-0.2, 0) is 0 Å². The van der Waals surface area contributed by atoms with Gasteiger partial charge in [-0.15, -0.1) is 0 Å². The van der Waals surface area contributed by atoms with Gasteiger partial charge in [0.15, 0.2) is 0 Å². The summed E-state index contributed by atoms with van der Waals surface area (Å²) in [6, 6.07) is 0. The van der Waals surface area contributed by atoms with Crippen molar-refractivity contribution in [3.05, 3.63) is 34.9 Å². The molecule has 0 saturated heterocycles. The number of likely N-dealkylation sites (N-methyl/N-ethyl adjacent to an activating group) is 1. The first-order valence-corrected chi connectivity index (χ1v) is 15.2. The second kappa shape index (κ2) is 25.3. The molecular formula is C33H63N. The number of allylic oxidation sites excluding steroid dienone is 5. The summed E-state index contributed by atoms with van der Waals surface area (Å²) in [7, 11) is 0. The number of hydrogen-bond acceptors (Lipinski definition) is 1. The van der Waals surface area contributed by atoms with Crippen LogP contribution in [0, 0.1) is 0 Å². The molecule has 0 amide bonds. The molecule has 0 fully saturated rings. The fraction of sp³-hybridized carbons (Fsp3) is 0.818. The lowest BCUT2D eigenvalue weighted by atomic mass is 10.0. The summed E-state index contributed by atoms with van der Waals surface area (Å²) >= 11 is 0. The molecule has 200 valence electrons. The van der Waals surface area contributed by atoms with Crippen molar-refractivity contribution in [2.24, 2.45) is 0 Å². The summed E-state index contributed by atoms with van der Waals surface area (Å²) in [5, 5.41) is 0. The van der Waals surface area contributed by atoms with E-state index in [1.807, 2.05) is 0 Å². The van der Waals surface area contributed by atoms with Crippen LogP contribution in [0.25, 0.3) is 0 Å². The summed E-state index contributed by atoms with van der Waals surface area (Å²) < 4.78 is 0. The molecule has 0 heterocycles. The zero-order chi connectivity index (χ0) is 25.3. The smallest absolute Gasteiger partial charge is 0.0165 e. The first kappa shape index (κ1) is 33.2. The molecule has 0 aromatic heterocycles. The van der Waals surface area contributed by atoms with Gasteiger partial charge >= 0.3 is 0 Å². The number of rotatable bonds is 24.